The molecule has 0 fully saturated rings. The molecule has 29 heavy (non-hydrogen) atoms. The molecule has 1 aromatic rings. The van der Waals surface area contributed by atoms with Gasteiger partial charge in [-0.2, -0.15) is 13.2 Å². The van der Waals surface area contributed by atoms with Crippen LogP contribution < -0.4 is 0 Å². The monoisotopic (exact) mass is 418 g/mol. The van der Waals surface area contributed by atoms with Gasteiger partial charge in [0, 0.05) is 0 Å². The fourth-order valence-corrected chi connectivity index (χ4v) is 3.30. The first-order valence-corrected chi connectivity index (χ1v) is 10.9. The molecule has 0 saturated carbocycles. The molecular weight excluding hydrogens is 384 g/mol. The highest BCUT2D eigenvalue weighted by molar-refractivity contribution is 5.89. The van der Waals surface area contributed by atoms with Crippen LogP contribution in [0.5, 0.6) is 0 Å². The van der Waals surface area contributed by atoms with Crippen molar-refractivity contribution >= 4 is 5.97 Å². The first-order chi connectivity index (χ1) is 13.8. The van der Waals surface area contributed by atoms with E-state index in [1.165, 1.54) is 25.7 Å². The number of hydrogen-bond donors (Lipinski definition) is 0. The quantitative estimate of drug-likeness (QED) is 0.173. The second-order valence-corrected chi connectivity index (χ2v) is 7.63. The van der Waals surface area contributed by atoms with E-state index in [9.17, 15) is 22.4 Å². The normalized spacial score (nSPS) is 12.8. The summed E-state index contributed by atoms with van der Waals surface area (Å²) in [4.78, 5) is 12.4. The molecule has 0 spiro atoms. The maximum absolute atomic E-state index is 13.4. The molecule has 6 heteroatoms. The molecule has 0 aromatic heterocycles. The standard InChI is InChI=1S/C23H34F4O2/c1-3-5-7-8-9-10-12-14-19(13-11-6-4-2)29-22(28)18-15-16-21(24)20(17-18)23(25,26)27/h15-17,19H,3-14H2,1-2H3. The number of hydrogen-bond acceptors (Lipinski definition) is 2. The van der Waals surface area contributed by atoms with Gasteiger partial charge in [0.25, 0.3) is 0 Å². The van der Waals surface area contributed by atoms with Crippen molar-refractivity contribution in [1.82, 2.24) is 0 Å². The van der Waals surface area contributed by atoms with Crippen LogP contribution in [0.4, 0.5) is 17.6 Å². The maximum atomic E-state index is 13.4. The molecule has 166 valence electrons. The lowest BCUT2D eigenvalue weighted by atomic mass is 10.0. The molecule has 0 saturated heterocycles. The Morgan fingerprint density at radius 3 is 2.00 bits per heavy atom. The summed E-state index contributed by atoms with van der Waals surface area (Å²) in [5.74, 6) is -2.21. The molecule has 2 nitrogen and oxygen atoms in total. The second-order valence-electron chi connectivity index (χ2n) is 7.63. The highest BCUT2D eigenvalue weighted by Crippen LogP contribution is 2.32. The molecule has 0 bridgehead atoms. The SMILES string of the molecule is CCCCCCCCCC(CCCCC)OC(=O)c1ccc(F)c(C(F)(F)F)c1. The highest BCUT2D eigenvalue weighted by atomic mass is 19.4. The number of unbranched alkanes of at least 4 members (excludes halogenated alkanes) is 8. The van der Waals surface area contributed by atoms with E-state index < -0.39 is 23.5 Å². The van der Waals surface area contributed by atoms with Crippen molar-refractivity contribution in [3.05, 3.63) is 35.1 Å². The number of halogens is 4. The maximum Gasteiger partial charge on any atom is 0.419 e. The Balaban J connectivity index is 2.64. The number of carbonyl (C=O) groups is 1. The van der Waals surface area contributed by atoms with Gasteiger partial charge in [0.15, 0.2) is 0 Å². The first-order valence-electron chi connectivity index (χ1n) is 10.9. The van der Waals surface area contributed by atoms with Gasteiger partial charge in [-0.25, -0.2) is 9.18 Å². The molecule has 1 rings (SSSR count). The molecule has 0 N–H and O–H groups in total. The van der Waals surface area contributed by atoms with Crippen LogP contribution in [-0.2, 0) is 10.9 Å². The summed E-state index contributed by atoms with van der Waals surface area (Å²) in [6.07, 6.45) is 7.19. The minimum atomic E-state index is -4.85. The molecule has 0 aliphatic carbocycles. The van der Waals surface area contributed by atoms with Crippen LogP contribution >= 0.6 is 0 Å². The van der Waals surface area contributed by atoms with Crippen LogP contribution in [0, 0.1) is 5.82 Å². The summed E-state index contributed by atoms with van der Waals surface area (Å²) in [7, 11) is 0. The number of rotatable bonds is 14. The van der Waals surface area contributed by atoms with Gasteiger partial charge in [-0.3, -0.25) is 0 Å². The minimum absolute atomic E-state index is 0.265. The fraction of sp³-hybridized carbons (Fsp3) is 0.696. The second kappa shape index (κ2) is 13.6. The van der Waals surface area contributed by atoms with Gasteiger partial charge in [-0.1, -0.05) is 65.2 Å². The van der Waals surface area contributed by atoms with Crippen LogP contribution in [0.2, 0.25) is 0 Å². The molecule has 1 aromatic carbocycles. The Labute approximate surface area is 172 Å². The van der Waals surface area contributed by atoms with Crippen molar-refractivity contribution < 1.29 is 27.1 Å². The summed E-state index contributed by atoms with van der Waals surface area (Å²) in [5.41, 5.74) is -1.71. The highest BCUT2D eigenvalue weighted by Gasteiger charge is 2.35. The van der Waals surface area contributed by atoms with Gasteiger partial charge in [0.05, 0.1) is 11.1 Å². The third-order valence-corrected chi connectivity index (χ3v) is 5.04. The molecule has 0 aliphatic heterocycles. The van der Waals surface area contributed by atoms with Gasteiger partial charge in [0.2, 0.25) is 0 Å². The molecule has 0 heterocycles. The van der Waals surface area contributed by atoms with Gasteiger partial charge < -0.3 is 4.74 Å². The Kier molecular flexibility index (Phi) is 11.9. The fourth-order valence-electron chi connectivity index (χ4n) is 3.30. The minimum Gasteiger partial charge on any atom is -0.459 e. The zero-order chi connectivity index (χ0) is 21.7. The molecule has 0 amide bonds. The van der Waals surface area contributed by atoms with E-state index in [1.54, 1.807) is 0 Å². The molecule has 0 radical (unpaired) electrons. The number of esters is 1. The summed E-state index contributed by atoms with van der Waals surface area (Å²) in [6.45, 7) is 4.25. The summed E-state index contributed by atoms with van der Waals surface area (Å²) >= 11 is 0. The van der Waals surface area contributed by atoms with E-state index >= 15 is 0 Å². The zero-order valence-electron chi connectivity index (χ0n) is 17.6. The summed E-state index contributed by atoms with van der Waals surface area (Å²) in [6, 6.07) is 2.25. The lowest BCUT2D eigenvalue weighted by molar-refractivity contribution is -0.140. The molecule has 0 aliphatic rings. The predicted molar refractivity (Wildman–Crippen MR) is 107 cm³/mol. The third kappa shape index (κ3) is 10.1. The van der Waals surface area contributed by atoms with Crippen LogP contribution in [0.3, 0.4) is 0 Å². The Morgan fingerprint density at radius 1 is 0.897 bits per heavy atom. The van der Waals surface area contributed by atoms with Gasteiger partial charge in [0.1, 0.15) is 11.9 Å². The van der Waals surface area contributed by atoms with Gasteiger partial charge >= 0.3 is 12.1 Å². The van der Waals surface area contributed by atoms with Crippen LogP contribution in [0.15, 0.2) is 18.2 Å². The van der Waals surface area contributed by atoms with E-state index in [4.69, 9.17) is 4.74 Å². The Bertz CT molecular complexity index is 599. The predicted octanol–water partition coefficient (Wildman–Crippen LogP) is 8.09. The van der Waals surface area contributed by atoms with Crippen molar-refractivity contribution in [2.24, 2.45) is 0 Å². The largest absolute Gasteiger partial charge is 0.459 e. The number of ether oxygens (including phenoxy) is 1. The van der Waals surface area contributed by atoms with Crippen LogP contribution in [0.1, 0.15) is 107 Å². The lowest BCUT2D eigenvalue weighted by Crippen LogP contribution is -2.19. The molecular formula is C23H34F4O2. The van der Waals surface area contributed by atoms with Crippen LogP contribution in [0.25, 0.3) is 0 Å². The number of alkyl halides is 3. The van der Waals surface area contributed by atoms with E-state index in [0.29, 0.717) is 25.0 Å². The average molecular weight is 419 g/mol. The smallest absolute Gasteiger partial charge is 0.419 e. The Morgan fingerprint density at radius 2 is 1.41 bits per heavy atom. The number of benzene rings is 1. The zero-order valence-corrected chi connectivity index (χ0v) is 17.6. The van der Waals surface area contributed by atoms with Crippen molar-refractivity contribution in [2.75, 3.05) is 0 Å². The van der Waals surface area contributed by atoms with Crippen LogP contribution in [-0.4, -0.2) is 12.1 Å². The van der Waals surface area contributed by atoms with Crippen molar-refractivity contribution in [3.63, 3.8) is 0 Å². The van der Waals surface area contributed by atoms with E-state index in [-0.39, 0.29) is 11.7 Å². The van der Waals surface area contributed by atoms with Gasteiger partial charge in [-0.05, 0) is 43.9 Å². The van der Waals surface area contributed by atoms with Gasteiger partial charge in [-0.15, -0.1) is 0 Å². The van der Waals surface area contributed by atoms with E-state index in [1.807, 2.05) is 0 Å². The Hall–Kier alpha value is -1.59. The average Bonchev–Trinajstić information content (AvgIpc) is 2.66. The van der Waals surface area contributed by atoms with E-state index in [2.05, 4.69) is 13.8 Å². The topological polar surface area (TPSA) is 26.3 Å². The van der Waals surface area contributed by atoms with E-state index in [0.717, 1.165) is 44.6 Å². The first kappa shape index (κ1) is 25.4. The lowest BCUT2D eigenvalue weighted by Gasteiger charge is -2.18. The third-order valence-electron chi connectivity index (χ3n) is 5.04. The van der Waals surface area contributed by atoms with Crippen molar-refractivity contribution in [3.8, 4) is 0 Å². The molecule has 1 atom stereocenters. The van der Waals surface area contributed by atoms with Crippen molar-refractivity contribution in [1.29, 1.82) is 0 Å². The summed E-state index contributed by atoms with van der Waals surface area (Å²) in [5, 5.41) is 0. The van der Waals surface area contributed by atoms with Crippen molar-refractivity contribution in [2.45, 2.75) is 103 Å². The number of carbonyl (C=O) groups excluding carboxylic acids is 1. The summed E-state index contributed by atoms with van der Waals surface area (Å²) < 4.78 is 57.6. The molecule has 1 unspecified atom stereocenters.